The number of carbonyl (C=O) groups is 2. The number of hydrogen-bond acceptors (Lipinski definition) is 10. The Morgan fingerprint density at radius 1 is 1.05 bits per heavy atom. The highest BCUT2D eigenvalue weighted by molar-refractivity contribution is 5.96. The second-order valence-electron chi connectivity index (χ2n) is 13.1. The van der Waals surface area contributed by atoms with Gasteiger partial charge in [0.2, 0.25) is 0 Å². The summed E-state index contributed by atoms with van der Waals surface area (Å²) in [5.74, 6) is -2.23. The average molecular weight is 600 g/mol. The fourth-order valence-electron chi connectivity index (χ4n) is 6.92. The first-order valence-electron chi connectivity index (χ1n) is 15.2. The van der Waals surface area contributed by atoms with Crippen molar-refractivity contribution >= 4 is 11.8 Å². The van der Waals surface area contributed by atoms with Crippen LogP contribution in [-0.4, -0.2) is 111 Å². The van der Waals surface area contributed by atoms with Gasteiger partial charge in [-0.15, -0.1) is 0 Å². The van der Waals surface area contributed by atoms with Crippen LogP contribution >= 0.6 is 0 Å². The van der Waals surface area contributed by atoms with Crippen LogP contribution in [0, 0.1) is 17.8 Å². The number of carbonyl (C=O) groups excluding carboxylic acids is 2. The van der Waals surface area contributed by atoms with E-state index in [1.54, 1.807) is 42.1 Å². The first-order chi connectivity index (χ1) is 19.5. The van der Waals surface area contributed by atoms with E-state index in [0.717, 1.165) is 6.42 Å². The van der Waals surface area contributed by atoms with Gasteiger partial charge in [0.05, 0.1) is 29.8 Å². The number of ketones is 1. The van der Waals surface area contributed by atoms with Crippen LogP contribution in [0.2, 0.25) is 0 Å². The Hall–Kier alpha value is -1.40. The maximum absolute atomic E-state index is 13.6. The van der Waals surface area contributed by atoms with E-state index in [1.807, 2.05) is 48.7 Å². The molecule has 244 valence electrons. The molecule has 1 fully saturated rings. The summed E-state index contributed by atoms with van der Waals surface area (Å²) in [6.45, 7) is 14.6. The highest BCUT2D eigenvalue weighted by Crippen LogP contribution is 2.39. The van der Waals surface area contributed by atoms with Gasteiger partial charge in [-0.1, -0.05) is 20.8 Å². The van der Waals surface area contributed by atoms with Crippen molar-refractivity contribution in [1.82, 2.24) is 4.90 Å². The van der Waals surface area contributed by atoms with Gasteiger partial charge in [-0.05, 0) is 79.6 Å². The predicted octanol–water partition coefficient (Wildman–Crippen LogP) is 3.77. The highest BCUT2D eigenvalue weighted by atomic mass is 16.7. The largest absolute Gasteiger partial charge is 0.459 e. The third kappa shape index (κ3) is 8.20. The van der Waals surface area contributed by atoms with Crippen molar-refractivity contribution in [1.29, 1.82) is 0 Å². The molecule has 1 saturated heterocycles. The third-order valence-corrected chi connectivity index (χ3v) is 9.34. The van der Waals surface area contributed by atoms with E-state index in [2.05, 4.69) is 4.90 Å². The minimum absolute atomic E-state index is 0.0468. The molecule has 42 heavy (non-hydrogen) atoms. The Morgan fingerprint density at radius 2 is 1.64 bits per heavy atom. The first-order valence-corrected chi connectivity index (χ1v) is 15.2. The van der Waals surface area contributed by atoms with Gasteiger partial charge in [0.1, 0.15) is 17.8 Å². The fraction of sp³-hybridized carbons (Fsp3) is 0.875. The molecule has 0 aliphatic carbocycles. The van der Waals surface area contributed by atoms with Gasteiger partial charge >= 0.3 is 5.97 Å². The molecule has 0 saturated carbocycles. The molecular weight excluding hydrogens is 542 g/mol. The van der Waals surface area contributed by atoms with Crippen molar-refractivity contribution in [2.24, 2.45) is 17.8 Å². The minimum atomic E-state index is -1.54. The number of likely N-dealkylation sites (N-methyl/N-ethyl adjacent to an activating group) is 1. The Balaban J connectivity index is 2.68. The van der Waals surface area contributed by atoms with Crippen LogP contribution in [0.25, 0.3) is 0 Å². The second kappa shape index (κ2) is 15.1. The zero-order chi connectivity index (χ0) is 32.2. The van der Waals surface area contributed by atoms with Crippen LogP contribution < -0.4 is 0 Å². The molecule has 0 aromatic heterocycles. The Labute approximate surface area is 253 Å². The number of allylic oxidation sites excluding steroid dienone is 1. The van der Waals surface area contributed by atoms with E-state index in [1.165, 1.54) is 6.08 Å². The van der Waals surface area contributed by atoms with Crippen LogP contribution in [0.4, 0.5) is 0 Å². The second-order valence-corrected chi connectivity index (χ2v) is 13.1. The lowest BCUT2D eigenvalue weighted by molar-refractivity contribution is -0.305. The lowest BCUT2D eigenvalue weighted by atomic mass is 9.76. The van der Waals surface area contributed by atoms with Crippen LogP contribution in [0.1, 0.15) is 74.7 Å². The van der Waals surface area contributed by atoms with E-state index in [4.69, 9.17) is 28.4 Å². The molecule has 0 radical (unpaired) electrons. The topological polar surface area (TPSA) is 113 Å². The SMILES string of the molecule is CC[C@H]1OC(=O)[C@H](C)[C@@H](OC)[C@H](C)[C@@H](OC2OC(C)CC(N(C)C)C2OC)[C@](C)(OC)C[C@@H](C)C(=O)/C(C)=C/[C@]1(C)O. The molecule has 10 nitrogen and oxygen atoms in total. The fourth-order valence-corrected chi connectivity index (χ4v) is 6.92. The van der Waals surface area contributed by atoms with Gasteiger partial charge in [0.25, 0.3) is 0 Å². The summed E-state index contributed by atoms with van der Waals surface area (Å²) in [6, 6.07) is 0.0468. The van der Waals surface area contributed by atoms with E-state index >= 15 is 0 Å². The number of rotatable bonds is 7. The molecule has 2 rings (SSSR count). The normalized spacial score (nSPS) is 44.3. The summed E-state index contributed by atoms with van der Waals surface area (Å²) in [6.07, 6.45) is -0.428. The lowest BCUT2D eigenvalue weighted by Gasteiger charge is -2.48. The Kier molecular flexibility index (Phi) is 13.2. The Bertz CT molecular complexity index is 937. The van der Waals surface area contributed by atoms with Gasteiger partial charge in [-0.2, -0.15) is 0 Å². The molecule has 0 spiro atoms. The smallest absolute Gasteiger partial charge is 0.311 e. The summed E-state index contributed by atoms with van der Waals surface area (Å²) in [5.41, 5.74) is -2.14. The van der Waals surface area contributed by atoms with Crippen LogP contribution in [-0.2, 0) is 38.0 Å². The number of cyclic esters (lactones) is 1. The summed E-state index contributed by atoms with van der Waals surface area (Å²) in [5, 5.41) is 11.3. The average Bonchev–Trinajstić information content (AvgIpc) is 2.92. The predicted molar refractivity (Wildman–Crippen MR) is 160 cm³/mol. The van der Waals surface area contributed by atoms with Gasteiger partial charge in [0.15, 0.2) is 12.1 Å². The van der Waals surface area contributed by atoms with Gasteiger partial charge in [-0.3, -0.25) is 9.59 Å². The zero-order valence-electron chi connectivity index (χ0n) is 28.1. The number of methoxy groups -OCH3 is 3. The van der Waals surface area contributed by atoms with E-state index < -0.39 is 65.6 Å². The zero-order valence-corrected chi connectivity index (χ0v) is 28.1. The van der Waals surface area contributed by atoms with Crippen molar-refractivity contribution in [3.8, 4) is 0 Å². The van der Waals surface area contributed by atoms with Gasteiger partial charge in [-0.25, -0.2) is 0 Å². The maximum Gasteiger partial charge on any atom is 0.311 e. The molecule has 0 amide bonds. The number of ether oxygens (including phenoxy) is 6. The molecule has 12 atom stereocenters. The number of esters is 1. The van der Waals surface area contributed by atoms with Crippen molar-refractivity contribution in [3.63, 3.8) is 0 Å². The minimum Gasteiger partial charge on any atom is -0.459 e. The summed E-state index contributed by atoms with van der Waals surface area (Å²) in [4.78, 5) is 29.2. The molecular formula is C32H57NO9. The van der Waals surface area contributed by atoms with Crippen molar-refractivity contribution in [2.45, 2.75) is 129 Å². The highest BCUT2D eigenvalue weighted by Gasteiger charge is 2.50. The molecule has 2 aliphatic heterocycles. The van der Waals surface area contributed by atoms with Crippen molar-refractivity contribution < 1.29 is 43.1 Å². The maximum atomic E-state index is 13.6. The molecule has 2 heterocycles. The van der Waals surface area contributed by atoms with E-state index in [-0.39, 0.29) is 17.9 Å². The quantitative estimate of drug-likeness (QED) is 0.434. The van der Waals surface area contributed by atoms with Crippen LogP contribution in [0.5, 0.6) is 0 Å². The van der Waals surface area contributed by atoms with Crippen LogP contribution in [0.3, 0.4) is 0 Å². The van der Waals surface area contributed by atoms with Crippen LogP contribution in [0.15, 0.2) is 11.6 Å². The number of Topliss-reactive ketones (excluding diaryl/α,β-unsaturated/α-hetero) is 1. The number of aliphatic hydroxyl groups is 1. The number of hydrogen-bond donors (Lipinski definition) is 1. The molecule has 10 heteroatoms. The van der Waals surface area contributed by atoms with Crippen molar-refractivity contribution in [2.75, 3.05) is 35.4 Å². The summed E-state index contributed by atoms with van der Waals surface area (Å²) in [7, 11) is 8.82. The lowest BCUT2D eigenvalue weighted by Crippen LogP contribution is -2.60. The molecule has 2 aliphatic rings. The van der Waals surface area contributed by atoms with E-state index in [0.29, 0.717) is 18.4 Å². The van der Waals surface area contributed by atoms with Crippen molar-refractivity contribution in [3.05, 3.63) is 11.6 Å². The molecule has 4 unspecified atom stereocenters. The molecule has 0 aromatic rings. The monoisotopic (exact) mass is 599 g/mol. The Morgan fingerprint density at radius 3 is 2.14 bits per heavy atom. The summed E-state index contributed by atoms with van der Waals surface area (Å²) >= 11 is 0. The first kappa shape index (κ1) is 36.8. The standard InChI is InChI=1S/C32H57NO9/c1-14-24-31(7,36)16-18(2)25(34)19(3)17-32(8,39-13)28(21(5)26(37-11)22(6)29(35)41-24)42-30-27(38-12)23(33(9)10)15-20(4)40-30/h16,19-24,26-28,30,36H,14-15,17H2,1-13H3/b18-16+/t19-,20?,21+,22-,23?,24-,26+,27?,28-,30?,31+,32-/m1/s1. The molecule has 0 bridgehead atoms. The van der Waals surface area contributed by atoms with Gasteiger partial charge < -0.3 is 38.4 Å². The molecule has 0 aromatic carbocycles. The van der Waals surface area contributed by atoms with Gasteiger partial charge in [0, 0.05) is 39.2 Å². The summed E-state index contributed by atoms with van der Waals surface area (Å²) < 4.78 is 37.2. The van der Waals surface area contributed by atoms with E-state index in [9.17, 15) is 14.7 Å². The number of nitrogens with zero attached hydrogens (tertiary/aromatic N) is 1. The molecule has 1 N–H and O–H groups in total. The third-order valence-electron chi connectivity index (χ3n) is 9.34.